The zero-order valence-corrected chi connectivity index (χ0v) is 12.8. The highest BCUT2D eigenvalue weighted by atomic mass is 127. The van der Waals surface area contributed by atoms with E-state index in [-0.39, 0.29) is 23.2 Å². The van der Waals surface area contributed by atoms with Crippen LogP contribution < -0.4 is 11.2 Å². The first-order valence-electron chi connectivity index (χ1n) is 6.29. The van der Waals surface area contributed by atoms with E-state index < -0.39 is 11.9 Å². The van der Waals surface area contributed by atoms with E-state index in [1.807, 2.05) is 22.6 Å². The molecule has 0 aromatic carbocycles. The van der Waals surface area contributed by atoms with Gasteiger partial charge in [-0.3, -0.25) is 14.3 Å². The van der Waals surface area contributed by atoms with Gasteiger partial charge in [-0.25, -0.2) is 4.79 Å². The van der Waals surface area contributed by atoms with Crippen molar-refractivity contribution in [3.05, 3.63) is 30.6 Å². The van der Waals surface area contributed by atoms with E-state index in [0.717, 1.165) is 6.42 Å². The molecule has 0 radical (unpaired) electrons. The number of halogens is 1. The second-order valence-electron chi connectivity index (χ2n) is 5.13. The van der Waals surface area contributed by atoms with Crippen LogP contribution in [0, 0.1) is 9.49 Å². The smallest absolute Gasteiger partial charge is 0.330 e. The van der Waals surface area contributed by atoms with E-state index in [0.29, 0.717) is 10.2 Å². The van der Waals surface area contributed by atoms with Crippen LogP contribution in [-0.4, -0.2) is 27.9 Å². The Balaban J connectivity index is 2.04. The Morgan fingerprint density at radius 1 is 1.58 bits per heavy atom. The van der Waals surface area contributed by atoms with Gasteiger partial charge >= 0.3 is 5.69 Å². The molecule has 3 rings (SSSR count). The summed E-state index contributed by atoms with van der Waals surface area (Å²) < 4.78 is 13.7. The van der Waals surface area contributed by atoms with Crippen LogP contribution in [0.5, 0.6) is 0 Å². The molecule has 0 saturated carbocycles. The van der Waals surface area contributed by atoms with Crippen molar-refractivity contribution < 1.29 is 9.47 Å². The highest BCUT2D eigenvalue weighted by Crippen LogP contribution is 2.50. The van der Waals surface area contributed by atoms with Crippen molar-refractivity contribution in [1.82, 2.24) is 9.55 Å². The van der Waals surface area contributed by atoms with Gasteiger partial charge in [-0.1, -0.05) is 13.8 Å². The molecule has 0 unspecified atom stereocenters. The summed E-state index contributed by atoms with van der Waals surface area (Å²) in [5.41, 5.74) is -1.13. The molecular weight excluding hydrogens is 363 g/mol. The molecule has 7 heteroatoms. The van der Waals surface area contributed by atoms with Crippen molar-refractivity contribution in [2.24, 2.45) is 5.92 Å². The van der Waals surface area contributed by atoms with Gasteiger partial charge < -0.3 is 9.47 Å². The van der Waals surface area contributed by atoms with E-state index in [4.69, 9.17) is 9.47 Å². The first kappa shape index (κ1) is 13.3. The summed E-state index contributed by atoms with van der Waals surface area (Å²) in [6, 6.07) is 0. The monoisotopic (exact) mass is 378 g/mol. The largest absolute Gasteiger partial charge is 0.370 e. The predicted octanol–water partition coefficient (Wildman–Crippen LogP) is 0.854. The predicted molar refractivity (Wildman–Crippen MR) is 76.1 cm³/mol. The van der Waals surface area contributed by atoms with Crippen molar-refractivity contribution in [3.63, 3.8) is 0 Å². The van der Waals surface area contributed by atoms with E-state index in [9.17, 15) is 9.59 Å². The van der Waals surface area contributed by atoms with Crippen molar-refractivity contribution >= 4 is 22.6 Å². The summed E-state index contributed by atoms with van der Waals surface area (Å²) >= 11 is 1.90. The average Bonchev–Trinajstić information content (AvgIpc) is 2.85. The fraction of sp³-hybridized carbons (Fsp3) is 0.667. The minimum atomic E-state index is -0.457. The van der Waals surface area contributed by atoms with Crippen molar-refractivity contribution in [2.45, 2.75) is 38.2 Å². The molecule has 19 heavy (non-hydrogen) atoms. The maximum absolute atomic E-state index is 11.9. The summed E-state index contributed by atoms with van der Waals surface area (Å²) in [7, 11) is 0. The maximum Gasteiger partial charge on any atom is 0.330 e. The summed E-state index contributed by atoms with van der Waals surface area (Å²) in [4.78, 5) is 25.6. The number of aromatic nitrogens is 2. The molecule has 1 N–H and O–H groups in total. The lowest BCUT2D eigenvalue weighted by molar-refractivity contribution is -0.174. The van der Waals surface area contributed by atoms with E-state index in [1.165, 1.54) is 10.8 Å². The molecule has 0 aliphatic carbocycles. The molecule has 0 amide bonds. The number of rotatable bonds is 2. The number of fused-ring (bicyclic) bond motifs is 2. The van der Waals surface area contributed by atoms with Crippen LogP contribution >= 0.6 is 22.6 Å². The Morgan fingerprint density at radius 2 is 2.32 bits per heavy atom. The topological polar surface area (TPSA) is 73.3 Å². The zero-order valence-electron chi connectivity index (χ0n) is 10.7. The van der Waals surface area contributed by atoms with E-state index in [1.54, 1.807) is 0 Å². The van der Waals surface area contributed by atoms with Gasteiger partial charge in [-0.2, -0.15) is 0 Å². The van der Waals surface area contributed by atoms with Crippen LogP contribution in [0.3, 0.4) is 0 Å². The van der Waals surface area contributed by atoms with Crippen molar-refractivity contribution in [2.75, 3.05) is 6.61 Å². The third-order valence-corrected chi connectivity index (χ3v) is 5.04. The Morgan fingerprint density at radius 3 is 2.95 bits per heavy atom. The number of ether oxygens (including phenoxy) is 2. The Labute approximate surface area is 123 Å². The molecule has 2 aliphatic rings. The van der Waals surface area contributed by atoms with Gasteiger partial charge in [0.15, 0.2) is 6.23 Å². The Kier molecular flexibility index (Phi) is 3.10. The van der Waals surface area contributed by atoms with Crippen LogP contribution in [0.25, 0.3) is 0 Å². The first-order chi connectivity index (χ1) is 8.98. The van der Waals surface area contributed by atoms with Gasteiger partial charge in [0.05, 0.1) is 15.8 Å². The van der Waals surface area contributed by atoms with E-state index >= 15 is 0 Å². The molecule has 2 fully saturated rings. The molecule has 1 aromatic rings. The molecule has 4 atom stereocenters. The summed E-state index contributed by atoms with van der Waals surface area (Å²) in [5.74, 6) is 0.235. The summed E-state index contributed by atoms with van der Waals surface area (Å²) in [6.07, 6.45) is 1.78. The van der Waals surface area contributed by atoms with Gasteiger partial charge in [0.2, 0.25) is 0 Å². The van der Waals surface area contributed by atoms with Crippen molar-refractivity contribution in [3.8, 4) is 0 Å². The zero-order chi connectivity index (χ0) is 13.8. The third kappa shape index (κ3) is 1.82. The quantitative estimate of drug-likeness (QED) is 0.775. The standard InChI is InChI=1S/C12H15IN2O4/c1-3-12-5-18-8(6(12)2)10(19-12)15-4-7(13)9(16)14-11(15)17/h4,6,8,10H,3,5H2,1-2H3,(H,14,16,17)/t6-,8+,10+,12-/m0/s1. The molecule has 2 aliphatic heterocycles. The molecular formula is C12H15IN2O4. The second kappa shape index (κ2) is 4.42. The number of H-pyrrole nitrogens is 1. The SMILES string of the molecule is CC[C@@]12CO[C@@H]([C@H](n3cc(I)c(=O)[nH]c3=O)O1)[C@@H]2C. The summed E-state index contributed by atoms with van der Waals surface area (Å²) in [5, 5.41) is 0. The van der Waals surface area contributed by atoms with Crippen LogP contribution in [0.2, 0.25) is 0 Å². The minimum Gasteiger partial charge on any atom is -0.370 e. The molecule has 3 heterocycles. The third-order valence-electron chi connectivity index (χ3n) is 4.28. The van der Waals surface area contributed by atoms with Crippen molar-refractivity contribution in [1.29, 1.82) is 0 Å². The van der Waals surface area contributed by atoms with E-state index in [2.05, 4.69) is 18.8 Å². The van der Waals surface area contributed by atoms with Gasteiger partial charge in [-0.15, -0.1) is 0 Å². The van der Waals surface area contributed by atoms with Gasteiger partial charge in [0.25, 0.3) is 5.56 Å². The molecule has 104 valence electrons. The first-order valence-corrected chi connectivity index (χ1v) is 7.37. The summed E-state index contributed by atoms with van der Waals surface area (Å²) in [6.45, 7) is 4.72. The molecule has 6 nitrogen and oxygen atoms in total. The lowest BCUT2D eigenvalue weighted by Gasteiger charge is -2.31. The number of nitrogens with zero attached hydrogens (tertiary/aromatic N) is 1. The van der Waals surface area contributed by atoms with Crippen LogP contribution in [0.4, 0.5) is 0 Å². The number of aromatic amines is 1. The maximum atomic E-state index is 11.9. The lowest BCUT2D eigenvalue weighted by Crippen LogP contribution is -2.41. The second-order valence-corrected chi connectivity index (χ2v) is 6.30. The lowest BCUT2D eigenvalue weighted by atomic mass is 9.88. The van der Waals surface area contributed by atoms with Gasteiger partial charge in [0, 0.05) is 12.1 Å². The average molecular weight is 378 g/mol. The normalized spacial score (nSPS) is 36.9. The van der Waals surface area contributed by atoms with Crippen LogP contribution in [0.15, 0.2) is 15.8 Å². The Bertz CT molecular complexity index is 625. The van der Waals surface area contributed by atoms with Gasteiger partial charge in [-0.05, 0) is 29.0 Å². The number of nitrogens with one attached hydrogen (secondary N) is 1. The van der Waals surface area contributed by atoms with Crippen LogP contribution in [0.1, 0.15) is 26.5 Å². The molecule has 2 bridgehead atoms. The number of hydrogen-bond acceptors (Lipinski definition) is 4. The number of hydrogen-bond donors (Lipinski definition) is 1. The van der Waals surface area contributed by atoms with Crippen LogP contribution in [-0.2, 0) is 9.47 Å². The highest BCUT2D eigenvalue weighted by Gasteiger charge is 2.58. The van der Waals surface area contributed by atoms with Gasteiger partial charge in [0.1, 0.15) is 6.10 Å². The molecule has 2 saturated heterocycles. The molecule has 1 aromatic heterocycles. The molecule has 0 spiro atoms. The Hall–Kier alpha value is -0.670. The fourth-order valence-electron chi connectivity index (χ4n) is 2.96. The minimum absolute atomic E-state index is 0.139. The fourth-order valence-corrected chi connectivity index (χ4v) is 3.40. The highest BCUT2D eigenvalue weighted by molar-refractivity contribution is 14.1.